The summed E-state index contributed by atoms with van der Waals surface area (Å²) < 4.78 is 88.1. The summed E-state index contributed by atoms with van der Waals surface area (Å²) in [5.41, 5.74) is 6.51. The Morgan fingerprint density at radius 2 is 0.940 bits per heavy atom. The minimum atomic E-state index is -4.18. The van der Waals surface area contributed by atoms with Crippen molar-refractivity contribution >= 4 is 68.3 Å². The van der Waals surface area contributed by atoms with Gasteiger partial charge in [0.05, 0.1) is 20.6 Å². The molecule has 8 aromatic rings. The van der Waals surface area contributed by atoms with Crippen LogP contribution in [0.2, 0.25) is 15.1 Å². The Morgan fingerprint density at radius 3 is 1.36 bits per heavy atom. The summed E-state index contributed by atoms with van der Waals surface area (Å²) in [5, 5.41) is 3.00. The van der Waals surface area contributed by atoms with Crippen LogP contribution >= 0.6 is 50.7 Å². The van der Waals surface area contributed by atoms with Gasteiger partial charge in [0.15, 0.2) is 23.6 Å². The van der Waals surface area contributed by atoms with Gasteiger partial charge in [-0.15, -0.1) is 0 Å². The van der Waals surface area contributed by atoms with E-state index in [1.165, 1.54) is 6.07 Å². The topological polar surface area (TPSA) is 126 Å². The lowest BCUT2D eigenvalue weighted by Gasteiger charge is -2.29. The molecule has 0 heterocycles. The van der Waals surface area contributed by atoms with Crippen LogP contribution in [0.1, 0.15) is 23.1 Å². The van der Waals surface area contributed by atoms with E-state index in [4.69, 9.17) is 58.6 Å². The molecule has 1 atom stereocenters. The van der Waals surface area contributed by atoms with Crippen molar-refractivity contribution in [2.45, 2.75) is 5.78 Å². The zero-order chi connectivity index (χ0) is 48.0. The number of nitrogens with two attached hydrogens (primary N) is 1. The molecule has 8 aromatic carbocycles. The molecule has 0 aliphatic rings. The molecular formula is C50H41Cl3F3N2O7P2+. The Kier molecular flexibility index (Phi) is 20.2. The molecule has 0 radical (unpaired) electrons. The molecule has 0 aliphatic carbocycles. The van der Waals surface area contributed by atoms with Crippen molar-refractivity contribution in [2.24, 2.45) is 0 Å². The predicted molar refractivity (Wildman–Crippen MR) is 262 cm³/mol. The maximum atomic E-state index is 15.2. The van der Waals surface area contributed by atoms with Gasteiger partial charge in [0.1, 0.15) is 29.0 Å². The number of halogens is 6. The van der Waals surface area contributed by atoms with Crippen molar-refractivity contribution in [3.63, 3.8) is 0 Å². The van der Waals surface area contributed by atoms with E-state index < -0.39 is 39.1 Å². The van der Waals surface area contributed by atoms with E-state index in [2.05, 4.69) is 5.32 Å². The molecule has 3 N–H and O–H groups in total. The molecule has 67 heavy (non-hydrogen) atoms. The largest absolute Gasteiger partial charge is 0.805 e. The van der Waals surface area contributed by atoms with Crippen LogP contribution < -0.4 is 29.1 Å². The fraction of sp³-hybridized carbons (Fsp3) is 0.0200. The number of benzene rings is 8. The van der Waals surface area contributed by atoms with Crippen molar-refractivity contribution < 1.29 is 46.6 Å². The molecule has 1 unspecified atom stereocenters. The quantitative estimate of drug-likeness (QED) is 0.0502. The molecule has 8 rings (SSSR count). The Balaban J connectivity index is 0.000000236. The highest BCUT2D eigenvalue weighted by Crippen LogP contribution is 2.60. The molecule has 0 saturated carbocycles. The molecule has 0 bridgehead atoms. The lowest BCUT2D eigenvalue weighted by Crippen LogP contribution is -2.19. The van der Waals surface area contributed by atoms with Crippen LogP contribution in [0.5, 0.6) is 23.0 Å². The molecule has 0 amide bonds. The van der Waals surface area contributed by atoms with Gasteiger partial charge in [0.2, 0.25) is 0 Å². The lowest BCUT2D eigenvalue weighted by molar-refractivity contribution is 0.111. The Morgan fingerprint density at radius 1 is 0.537 bits per heavy atom. The summed E-state index contributed by atoms with van der Waals surface area (Å²) in [6, 6.07) is 57.3. The van der Waals surface area contributed by atoms with Gasteiger partial charge < -0.3 is 20.1 Å². The van der Waals surface area contributed by atoms with E-state index >= 15 is 4.39 Å². The van der Waals surface area contributed by atoms with E-state index in [0.29, 0.717) is 34.8 Å². The van der Waals surface area contributed by atoms with Gasteiger partial charge >= 0.3 is 15.9 Å². The van der Waals surface area contributed by atoms with E-state index in [0.717, 1.165) is 17.8 Å². The number of carbonyl (C=O) groups excluding carboxylic acids is 1. The average Bonchev–Trinajstić information content (AvgIpc) is 3.33. The molecule has 0 aliphatic heterocycles. The van der Waals surface area contributed by atoms with E-state index in [9.17, 15) is 22.7 Å². The number of carbonyl (C=O) groups is 1. The number of anilines is 2. The Labute approximate surface area is 402 Å². The van der Waals surface area contributed by atoms with Gasteiger partial charge in [-0.25, -0.2) is 26.8 Å². The van der Waals surface area contributed by atoms with Gasteiger partial charge in [-0.2, -0.15) is 0 Å². The third-order valence-electron chi connectivity index (χ3n) is 8.49. The summed E-state index contributed by atoms with van der Waals surface area (Å²) in [6.07, 6.45) is 0.278. The molecular weight excluding hydrogens is 966 g/mol. The number of aldehydes is 1. The molecule has 344 valence electrons. The summed E-state index contributed by atoms with van der Waals surface area (Å²) in [4.78, 5) is 10.1. The van der Waals surface area contributed by atoms with Crippen LogP contribution in [0.25, 0.3) is 0 Å². The Bertz CT molecular complexity index is 2750. The van der Waals surface area contributed by atoms with Crippen molar-refractivity contribution in [1.82, 2.24) is 0 Å². The summed E-state index contributed by atoms with van der Waals surface area (Å²) in [7, 11) is -6.36. The number of para-hydroxylation sites is 6. The molecule has 0 aromatic heterocycles. The molecule has 0 saturated heterocycles. The highest BCUT2D eigenvalue weighted by molar-refractivity contribution is 7.55. The van der Waals surface area contributed by atoms with Crippen molar-refractivity contribution in [3.05, 3.63) is 250 Å². The van der Waals surface area contributed by atoms with Gasteiger partial charge in [-0.1, -0.05) is 144 Å². The highest BCUT2D eigenvalue weighted by Gasteiger charge is 2.43. The predicted octanol–water partition coefficient (Wildman–Crippen LogP) is 16.3. The molecule has 0 spiro atoms. The summed E-state index contributed by atoms with van der Waals surface area (Å²) in [5.74, 6) is -2.06. The van der Waals surface area contributed by atoms with Crippen LogP contribution in [0.15, 0.2) is 206 Å². The number of nitrogen functional groups attached to an aromatic ring is 1. The summed E-state index contributed by atoms with van der Waals surface area (Å²) >= 11 is 17.5. The first kappa shape index (κ1) is 51.2. The zero-order valence-corrected chi connectivity index (χ0v) is 38.9. The first-order valence-electron chi connectivity index (χ1n) is 19.7. The van der Waals surface area contributed by atoms with Crippen LogP contribution in [-0.4, -0.2) is 6.29 Å². The average molecular weight is 1010 g/mol. The number of rotatable bonds is 13. The standard InChI is InChI=1S/C25H19Cl2FNO3P.C12H10O3P.C7H3ClF2O.C6H7N.H2/c26-22-16-21(24(28)17-23(22)27)25(29-18-10-4-1-5-11-18)33(30,31-19-12-6-2-7-13-19)32-20-14-8-3-9-15-20;13-16(14-11-7-3-1-4-8-11)15-12-9-5-2-6-10-12;8-5-1-4(3-11)6(9)2-7(5)10;7-6-4-2-1-3-5-6;/h1-17,25,29H;1-10H;1-3H;1-5H,7H2;1H/q;+1;;;. The normalized spacial score (nSPS) is 10.7. The lowest BCUT2D eigenvalue weighted by atomic mass is 10.2. The van der Waals surface area contributed by atoms with Gasteiger partial charge in [-0.05, 0) is 91.0 Å². The summed E-state index contributed by atoms with van der Waals surface area (Å²) in [6.45, 7) is 0. The van der Waals surface area contributed by atoms with Gasteiger partial charge in [0, 0.05) is 29.0 Å². The zero-order valence-electron chi connectivity index (χ0n) is 34.9. The molecule has 0 fully saturated rings. The number of hydrogen-bond donors (Lipinski definition) is 2. The minimum absolute atomic E-state index is 0. The van der Waals surface area contributed by atoms with E-state index in [1.807, 2.05) is 48.5 Å². The SMILES string of the molecule is Nc1ccccc1.O=Cc1cc(Cl)c(F)cc1F.O=P(Oc1ccccc1)(Oc1ccccc1)C(Nc1ccccc1)c1cc(Cl)c(Cl)cc1F.O=[P+](Oc1ccccc1)Oc1ccccc1.[HH]. The highest BCUT2D eigenvalue weighted by atomic mass is 35.5. The van der Waals surface area contributed by atoms with Crippen molar-refractivity contribution in [3.8, 4) is 23.0 Å². The smallest absolute Gasteiger partial charge is 0.414 e. The number of hydrogen-bond acceptors (Lipinski definition) is 9. The van der Waals surface area contributed by atoms with Gasteiger partial charge in [-0.3, -0.25) is 4.79 Å². The van der Waals surface area contributed by atoms with Crippen LogP contribution in [0, 0.1) is 17.5 Å². The second-order valence-corrected chi connectivity index (χ2v) is 17.4. The molecule has 9 nitrogen and oxygen atoms in total. The fourth-order valence-electron chi connectivity index (χ4n) is 5.38. The maximum absolute atomic E-state index is 15.2. The first-order chi connectivity index (χ1) is 32.3. The fourth-order valence-corrected chi connectivity index (χ4v) is 8.43. The Hall–Kier alpha value is -6.78. The maximum Gasteiger partial charge on any atom is 0.805 e. The minimum Gasteiger partial charge on any atom is -0.414 e. The monoisotopic (exact) mass is 1010 g/mol. The third-order valence-corrected chi connectivity index (χ3v) is 12.2. The van der Waals surface area contributed by atoms with Gasteiger partial charge in [0.25, 0.3) is 0 Å². The molecule has 17 heteroatoms. The van der Waals surface area contributed by atoms with Crippen molar-refractivity contribution in [2.75, 3.05) is 11.1 Å². The number of nitrogens with one attached hydrogen (secondary N) is 1. The first-order valence-corrected chi connectivity index (χ1v) is 23.6. The second-order valence-electron chi connectivity index (χ2n) is 13.4. The third kappa shape index (κ3) is 16.9. The van der Waals surface area contributed by atoms with Crippen molar-refractivity contribution in [1.29, 1.82) is 0 Å². The van der Waals surface area contributed by atoms with E-state index in [1.54, 1.807) is 133 Å². The second kappa shape index (κ2) is 26.4. The van der Waals surface area contributed by atoms with Crippen LogP contribution in [0.3, 0.4) is 0 Å². The van der Waals surface area contributed by atoms with E-state index in [-0.39, 0.29) is 33.9 Å². The van der Waals surface area contributed by atoms with Crippen LogP contribution in [-0.2, 0) is 9.13 Å². The van der Waals surface area contributed by atoms with Crippen LogP contribution in [0.4, 0.5) is 24.5 Å².